The summed E-state index contributed by atoms with van der Waals surface area (Å²) in [6.07, 6.45) is 2.32. The number of allylic oxidation sites excluding steroid dienone is 3. The Morgan fingerprint density at radius 2 is 1.63 bits per heavy atom. The molecule has 0 spiro atoms. The van der Waals surface area contributed by atoms with E-state index in [1.54, 1.807) is 0 Å². The first-order valence-electron chi connectivity index (χ1n) is 9.84. The minimum atomic E-state index is -0.422. The molecular formula is C26H35P. The van der Waals surface area contributed by atoms with Crippen LogP contribution in [-0.2, 0) is 0 Å². The maximum Gasteiger partial charge on any atom is -0.00913 e. The van der Waals surface area contributed by atoms with Crippen molar-refractivity contribution in [3.8, 4) is 11.1 Å². The van der Waals surface area contributed by atoms with Gasteiger partial charge in [0, 0.05) is 0 Å². The van der Waals surface area contributed by atoms with Gasteiger partial charge in [-0.1, -0.05) is 97.7 Å². The van der Waals surface area contributed by atoms with Crippen LogP contribution in [0.4, 0.5) is 0 Å². The van der Waals surface area contributed by atoms with Gasteiger partial charge in [-0.3, -0.25) is 0 Å². The van der Waals surface area contributed by atoms with Crippen molar-refractivity contribution in [1.29, 1.82) is 0 Å². The summed E-state index contributed by atoms with van der Waals surface area (Å²) in [6, 6.07) is 15.5. The normalized spacial score (nSPS) is 13.7. The molecule has 0 amide bonds. The quantitative estimate of drug-likeness (QED) is 0.365. The smallest absolute Gasteiger partial charge is 0.00913 e. The molecule has 0 aliphatic heterocycles. The average molecular weight is 379 g/mol. The molecule has 0 aliphatic carbocycles. The SMILES string of the molecule is C=C(/C=C(\C)P(C)c1c(-c2ccccc2)ccc(C(C)C)c1C)C(C)(C)C. The van der Waals surface area contributed by atoms with E-state index in [2.05, 4.69) is 110 Å². The second-order valence-electron chi connectivity index (χ2n) is 8.82. The van der Waals surface area contributed by atoms with Crippen LogP contribution in [0, 0.1) is 12.3 Å². The van der Waals surface area contributed by atoms with Gasteiger partial charge >= 0.3 is 0 Å². The van der Waals surface area contributed by atoms with E-state index in [9.17, 15) is 0 Å². The van der Waals surface area contributed by atoms with Crippen molar-refractivity contribution in [3.63, 3.8) is 0 Å². The predicted molar refractivity (Wildman–Crippen MR) is 126 cm³/mol. The molecule has 2 aromatic carbocycles. The molecule has 0 aromatic heterocycles. The number of hydrogen-bond acceptors (Lipinski definition) is 0. The Morgan fingerprint density at radius 1 is 1.04 bits per heavy atom. The van der Waals surface area contributed by atoms with Crippen molar-refractivity contribution in [3.05, 3.63) is 77.1 Å². The fraction of sp³-hybridized carbons (Fsp3) is 0.385. The molecule has 2 aromatic rings. The van der Waals surface area contributed by atoms with Crippen LogP contribution in [0.5, 0.6) is 0 Å². The van der Waals surface area contributed by atoms with E-state index in [0.717, 1.165) is 0 Å². The van der Waals surface area contributed by atoms with E-state index >= 15 is 0 Å². The van der Waals surface area contributed by atoms with Crippen LogP contribution < -0.4 is 5.30 Å². The first-order chi connectivity index (χ1) is 12.5. The van der Waals surface area contributed by atoms with Gasteiger partial charge < -0.3 is 0 Å². The summed E-state index contributed by atoms with van der Waals surface area (Å²) >= 11 is 0. The first kappa shape index (κ1) is 21.6. The zero-order valence-corrected chi connectivity index (χ0v) is 19.2. The Labute approximate surface area is 168 Å². The van der Waals surface area contributed by atoms with Crippen LogP contribution in [0.3, 0.4) is 0 Å². The third-order valence-electron chi connectivity index (χ3n) is 5.39. The van der Waals surface area contributed by atoms with E-state index < -0.39 is 7.92 Å². The van der Waals surface area contributed by atoms with Gasteiger partial charge in [0.05, 0.1) is 0 Å². The number of benzene rings is 2. The zero-order chi connectivity index (χ0) is 20.4. The molecule has 0 heterocycles. The number of hydrogen-bond donors (Lipinski definition) is 0. The highest BCUT2D eigenvalue weighted by Crippen LogP contribution is 2.46. The number of rotatable bonds is 5. The van der Waals surface area contributed by atoms with Gasteiger partial charge in [-0.15, -0.1) is 0 Å². The van der Waals surface area contributed by atoms with E-state index in [1.165, 1.54) is 38.4 Å². The van der Waals surface area contributed by atoms with Crippen LogP contribution in [0.2, 0.25) is 0 Å². The van der Waals surface area contributed by atoms with Crippen molar-refractivity contribution in [2.24, 2.45) is 5.41 Å². The Bertz CT molecular complexity index is 833. The molecule has 2 rings (SSSR count). The Kier molecular flexibility index (Phi) is 6.87. The molecule has 0 saturated carbocycles. The van der Waals surface area contributed by atoms with Crippen LogP contribution in [-0.4, -0.2) is 6.66 Å². The maximum atomic E-state index is 4.32. The highest BCUT2D eigenvalue weighted by atomic mass is 31.1. The lowest BCUT2D eigenvalue weighted by atomic mass is 9.87. The summed E-state index contributed by atoms with van der Waals surface area (Å²) in [7, 11) is -0.422. The van der Waals surface area contributed by atoms with Gasteiger partial charge in [0.2, 0.25) is 0 Å². The summed E-state index contributed by atoms with van der Waals surface area (Å²) in [5.41, 5.74) is 6.90. The lowest BCUT2D eigenvalue weighted by molar-refractivity contribution is 0.519. The van der Waals surface area contributed by atoms with Crippen LogP contribution in [0.15, 0.2) is 66.0 Å². The van der Waals surface area contributed by atoms with Crippen molar-refractivity contribution in [2.75, 3.05) is 6.66 Å². The van der Waals surface area contributed by atoms with Gasteiger partial charge in [0.25, 0.3) is 0 Å². The molecule has 0 nitrogen and oxygen atoms in total. The van der Waals surface area contributed by atoms with Crippen LogP contribution in [0.25, 0.3) is 11.1 Å². The van der Waals surface area contributed by atoms with Crippen molar-refractivity contribution >= 4 is 13.2 Å². The average Bonchev–Trinajstić information content (AvgIpc) is 2.60. The topological polar surface area (TPSA) is 0 Å². The van der Waals surface area contributed by atoms with Crippen LogP contribution >= 0.6 is 7.92 Å². The van der Waals surface area contributed by atoms with E-state index in [0.29, 0.717) is 5.92 Å². The lowest BCUT2D eigenvalue weighted by Gasteiger charge is -2.26. The third-order valence-corrected chi connectivity index (χ3v) is 7.82. The molecule has 27 heavy (non-hydrogen) atoms. The summed E-state index contributed by atoms with van der Waals surface area (Å²) in [4.78, 5) is 0. The van der Waals surface area contributed by atoms with Gasteiger partial charge in [-0.25, -0.2) is 0 Å². The molecule has 1 unspecified atom stereocenters. The highest BCUT2D eigenvalue weighted by Gasteiger charge is 2.20. The molecule has 1 heteroatoms. The Morgan fingerprint density at radius 3 is 2.15 bits per heavy atom. The van der Waals surface area contributed by atoms with Gasteiger partial charge in [0.1, 0.15) is 0 Å². The molecule has 0 N–H and O–H groups in total. The first-order valence-corrected chi connectivity index (χ1v) is 11.6. The Balaban J connectivity index is 2.63. The van der Waals surface area contributed by atoms with Gasteiger partial charge in [-0.2, -0.15) is 0 Å². The largest absolute Gasteiger partial charge is 0.0953 e. The fourth-order valence-corrected chi connectivity index (χ4v) is 5.27. The summed E-state index contributed by atoms with van der Waals surface area (Å²) in [5, 5.41) is 2.95. The maximum absolute atomic E-state index is 4.32. The molecule has 144 valence electrons. The minimum Gasteiger partial charge on any atom is -0.0953 e. The summed E-state index contributed by atoms with van der Waals surface area (Å²) in [5.74, 6) is 0.533. The monoisotopic (exact) mass is 378 g/mol. The highest BCUT2D eigenvalue weighted by molar-refractivity contribution is 7.69. The molecule has 0 saturated heterocycles. The fourth-order valence-electron chi connectivity index (χ4n) is 3.37. The molecular weight excluding hydrogens is 343 g/mol. The summed E-state index contributed by atoms with van der Waals surface area (Å²) < 4.78 is 0. The second-order valence-corrected chi connectivity index (χ2v) is 11.1. The van der Waals surface area contributed by atoms with Crippen LogP contribution in [0.1, 0.15) is 58.6 Å². The molecule has 0 fully saturated rings. The van der Waals surface area contributed by atoms with E-state index in [-0.39, 0.29) is 5.41 Å². The second kappa shape index (κ2) is 8.57. The van der Waals surface area contributed by atoms with Gasteiger partial charge in [-0.05, 0) is 70.3 Å². The Hall–Kier alpha value is -1.65. The predicted octanol–water partition coefficient (Wildman–Crippen LogP) is 8.03. The third kappa shape index (κ3) is 4.99. The molecule has 1 atom stereocenters. The molecule has 0 radical (unpaired) electrons. The van der Waals surface area contributed by atoms with Crippen molar-refractivity contribution < 1.29 is 0 Å². The zero-order valence-electron chi connectivity index (χ0n) is 18.4. The molecule has 0 aliphatic rings. The summed E-state index contributed by atoms with van der Waals surface area (Å²) in [6.45, 7) is 22.6. The van der Waals surface area contributed by atoms with E-state index in [4.69, 9.17) is 0 Å². The van der Waals surface area contributed by atoms with Gasteiger partial charge in [0.15, 0.2) is 0 Å². The van der Waals surface area contributed by atoms with Crippen molar-refractivity contribution in [1.82, 2.24) is 0 Å². The lowest BCUT2D eigenvalue weighted by Crippen LogP contribution is -2.14. The van der Waals surface area contributed by atoms with E-state index in [1.807, 2.05) is 0 Å². The van der Waals surface area contributed by atoms with Crippen molar-refractivity contribution in [2.45, 2.75) is 54.4 Å². The minimum absolute atomic E-state index is 0.106. The molecule has 0 bridgehead atoms. The standard InChI is InChI=1S/C26H35P/c1-18(2)23-15-16-24(22-13-11-10-12-14-22)25(21(23)5)27(9)20(4)17-19(3)26(6,7)8/h10-18H,3H2,1-2,4-9H3/b20-17+.